The molecule has 0 aliphatic carbocycles. The van der Waals surface area contributed by atoms with Gasteiger partial charge in [0.05, 0.1) is 25.5 Å². The normalized spacial score (nSPS) is 12.5. The minimum absolute atomic E-state index is 0.0462. The highest BCUT2D eigenvalue weighted by Gasteiger charge is 2.16. The Morgan fingerprint density at radius 2 is 2.05 bits per heavy atom. The third-order valence-electron chi connectivity index (χ3n) is 2.98. The number of benzene rings is 1. The van der Waals surface area contributed by atoms with Crippen LogP contribution >= 0.6 is 15.9 Å². The SMILES string of the molecule is COCCN(c1ccc(CO)cc1Br)C(C)COC. The van der Waals surface area contributed by atoms with E-state index in [9.17, 15) is 0 Å². The van der Waals surface area contributed by atoms with Crippen molar-refractivity contribution < 1.29 is 14.6 Å². The van der Waals surface area contributed by atoms with E-state index < -0.39 is 0 Å². The van der Waals surface area contributed by atoms with E-state index in [1.165, 1.54) is 0 Å². The van der Waals surface area contributed by atoms with Gasteiger partial charge in [0.1, 0.15) is 0 Å². The lowest BCUT2D eigenvalue weighted by atomic mass is 10.1. The third-order valence-corrected chi connectivity index (χ3v) is 3.62. The molecule has 1 atom stereocenters. The van der Waals surface area contributed by atoms with Crippen LogP contribution in [0.25, 0.3) is 0 Å². The summed E-state index contributed by atoms with van der Waals surface area (Å²) < 4.78 is 11.4. The van der Waals surface area contributed by atoms with Crippen LogP contribution in [-0.2, 0) is 16.1 Å². The Bertz CT molecular complexity index is 387. The summed E-state index contributed by atoms with van der Waals surface area (Å²) in [5.74, 6) is 0. The van der Waals surface area contributed by atoms with Gasteiger partial charge in [0.15, 0.2) is 0 Å². The molecule has 4 nitrogen and oxygen atoms in total. The van der Waals surface area contributed by atoms with E-state index in [1.54, 1.807) is 14.2 Å². The van der Waals surface area contributed by atoms with Crippen LogP contribution in [-0.4, -0.2) is 45.1 Å². The minimum atomic E-state index is 0.0462. The predicted molar refractivity (Wildman–Crippen MR) is 80.6 cm³/mol. The molecule has 0 amide bonds. The number of aliphatic hydroxyl groups is 1. The smallest absolute Gasteiger partial charge is 0.0682 e. The van der Waals surface area contributed by atoms with Gasteiger partial charge in [0, 0.05) is 31.3 Å². The van der Waals surface area contributed by atoms with E-state index in [-0.39, 0.29) is 12.6 Å². The van der Waals surface area contributed by atoms with Crippen LogP contribution < -0.4 is 4.90 Å². The third kappa shape index (κ3) is 4.76. The maximum atomic E-state index is 9.15. The van der Waals surface area contributed by atoms with Crippen LogP contribution in [0.15, 0.2) is 22.7 Å². The summed E-state index contributed by atoms with van der Waals surface area (Å²) in [5.41, 5.74) is 1.97. The minimum Gasteiger partial charge on any atom is -0.392 e. The van der Waals surface area contributed by atoms with Crippen molar-refractivity contribution in [2.24, 2.45) is 0 Å². The molecule has 1 unspecified atom stereocenters. The van der Waals surface area contributed by atoms with Crippen LogP contribution in [0.1, 0.15) is 12.5 Å². The Morgan fingerprint density at radius 3 is 2.58 bits per heavy atom. The second kappa shape index (κ2) is 8.53. The van der Waals surface area contributed by atoms with E-state index >= 15 is 0 Å². The molecule has 1 aromatic carbocycles. The summed E-state index contributed by atoms with van der Waals surface area (Å²) in [5, 5.41) is 9.15. The molecule has 0 aliphatic rings. The predicted octanol–water partition coefficient (Wildman–Crippen LogP) is 2.43. The number of anilines is 1. The number of rotatable bonds is 8. The summed E-state index contributed by atoms with van der Waals surface area (Å²) >= 11 is 3.57. The van der Waals surface area contributed by atoms with Gasteiger partial charge < -0.3 is 19.5 Å². The Kier molecular flexibility index (Phi) is 7.38. The van der Waals surface area contributed by atoms with Gasteiger partial charge in [-0.2, -0.15) is 0 Å². The average molecular weight is 332 g/mol. The molecular weight excluding hydrogens is 310 g/mol. The second-order valence-electron chi connectivity index (χ2n) is 4.43. The lowest BCUT2D eigenvalue weighted by Crippen LogP contribution is -2.38. The molecule has 0 saturated heterocycles. The quantitative estimate of drug-likeness (QED) is 0.794. The molecule has 0 bridgehead atoms. The van der Waals surface area contributed by atoms with E-state index in [0.29, 0.717) is 13.2 Å². The van der Waals surface area contributed by atoms with Gasteiger partial charge >= 0.3 is 0 Å². The zero-order valence-corrected chi connectivity index (χ0v) is 13.3. The van der Waals surface area contributed by atoms with E-state index in [1.807, 2.05) is 18.2 Å². The molecule has 1 aromatic rings. The van der Waals surface area contributed by atoms with Crippen molar-refractivity contribution in [2.45, 2.75) is 19.6 Å². The van der Waals surface area contributed by atoms with Crippen molar-refractivity contribution in [2.75, 3.05) is 38.9 Å². The van der Waals surface area contributed by atoms with Gasteiger partial charge in [-0.05, 0) is 40.5 Å². The fourth-order valence-electron chi connectivity index (χ4n) is 1.98. The molecule has 1 N–H and O–H groups in total. The van der Waals surface area contributed by atoms with Crippen LogP contribution in [0.2, 0.25) is 0 Å². The van der Waals surface area contributed by atoms with Crippen molar-refractivity contribution in [1.82, 2.24) is 0 Å². The highest BCUT2D eigenvalue weighted by molar-refractivity contribution is 9.10. The van der Waals surface area contributed by atoms with Gasteiger partial charge in [-0.1, -0.05) is 6.07 Å². The van der Waals surface area contributed by atoms with Crippen LogP contribution in [0, 0.1) is 0 Å². The summed E-state index contributed by atoms with van der Waals surface area (Å²) in [7, 11) is 3.40. The average Bonchev–Trinajstić information content (AvgIpc) is 2.40. The summed E-state index contributed by atoms with van der Waals surface area (Å²) in [6.07, 6.45) is 0. The second-order valence-corrected chi connectivity index (χ2v) is 5.29. The lowest BCUT2D eigenvalue weighted by molar-refractivity contribution is 0.171. The number of ether oxygens (including phenoxy) is 2. The fraction of sp³-hybridized carbons (Fsp3) is 0.571. The van der Waals surface area contributed by atoms with Gasteiger partial charge in [-0.3, -0.25) is 0 Å². The van der Waals surface area contributed by atoms with Crippen LogP contribution in [0.5, 0.6) is 0 Å². The summed E-state index contributed by atoms with van der Waals surface area (Å²) in [6, 6.07) is 6.13. The number of hydrogen-bond donors (Lipinski definition) is 1. The van der Waals surface area contributed by atoms with Crippen molar-refractivity contribution in [3.8, 4) is 0 Å². The van der Waals surface area contributed by atoms with Gasteiger partial charge in [-0.25, -0.2) is 0 Å². The molecule has 5 heteroatoms. The van der Waals surface area contributed by atoms with Crippen molar-refractivity contribution in [1.29, 1.82) is 0 Å². The number of halogens is 1. The first kappa shape index (κ1) is 16.4. The number of hydrogen-bond acceptors (Lipinski definition) is 4. The molecule has 0 spiro atoms. The first-order valence-corrected chi connectivity index (χ1v) is 7.07. The molecule has 0 radical (unpaired) electrons. The highest BCUT2D eigenvalue weighted by Crippen LogP contribution is 2.29. The highest BCUT2D eigenvalue weighted by atomic mass is 79.9. The molecular formula is C14H22BrNO3. The maximum Gasteiger partial charge on any atom is 0.0682 e. The van der Waals surface area contributed by atoms with Crippen LogP contribution in [0.4, 0.5) is 5.69 Å². The first-order valence-electron chi connectivity index (χ1n) is 6.27. The zero-order valence-electron chi connectivity index (χ0n) is 11.7. The van der Waals surface area contributed by atoms with E-state index in [4.69, 9.17) is 14.6 Å². The van der Waals surface area contributed by atoms with E-state index in [2.05, 4.69) is 27.8 Å². The topological polar surface area (TPSA) is 41.9 Å². The summed E-state index contributed by atoms with van der Waals surface area (Å²) in [6.45, 7) is 4.26. The first-order chi connectivity index (χ1) is 9.13. The molecule has 19 heavy (non-hydrogen) atoms. The molecule has 0 aliphatic heterocycles. The molecule has 108 valence electrons. The molecule has 0 heterocycles. The standard InChI is InChI=1S/C14H22BrNO3/c1-11(10-19-3)16(6-7-18-2)14-5-4-12(9-17)8-13(14)15/h4-5,8,11,17H,6-7,9-10H2,1-3H3. The van der Waals surface area contributed by atoms with Gasteiger partial charge in [0.25, 0.3) is 0 Å². The number of methoxy groups -OCH3 is 2. The Morgan fingerprint density at radius 1 is 1.32 bits per heavy atom. The largest absolute Gasteiger partial charge is 0.392 e. The van der Waals surface area contributed by atoms with Gasteiger partial charge in [0.2, 0.25) is 0 Å². The number of nitrogens with zero attached hydrogens (tertiary/aromatic N) is 1. The fourth-order valence-corrected chi connectivity index (χ4v) is 2.63. The Balaban J connectivity index is 2.95. The maximum absolute atomic E-state index is 9.15. The monoisotopic (exact) mass is 331 g/mol. The van der Waals surface area contributed by atoms with E-state index in [0.717, 1.165) is 22.3 Å². The molecule has 0 fully saturated rings. The summed E-state index contributed by atoms with van der Waals surface area (Å²) in [4.78, 5) is 2.23. The van der Waals surface area contributed by atoms with Crippen molar-refractivity contribution in [3.05, 3.63) is 28.2 Å². The molecule has 0 aromatic heterocycles. The van der Waals surface area contributed by atoms with Gasteiger partial charge in [-0.15, -0.1) is 0 Å². The number of aliphatic hydroxyl groups excluding tert-OH is 1. The lowest BCUT2D eigenvalue weighted by Gasteiger charge is -2.31. The molecule has 1 rings (SSSR count). The Labute approximate surface area is 123 Å². The Hall–Kier alpha value is -0.620. The zero-order chi connectivity index (χ0) is 14.3. The van der Waals surface area contributed by atoms with Crippen molar-refractivity contribution >= 4 is 21.6 Å². The molecule has 0 saturated carbocycles. The van der Waals surface area contributed by atoms with Crippen LogP contribution in [0.3, 0.4) is 0 Å². The van der Waals surface area contributed by atoms with Crippen molar-refractivity contribution in [3.63, 3.8) is 0 Å².